The summed E-state index contributed by atoms with van der Waals surface area (Å²) in [7, 11) is -3.58. The molecule has 0 aliphatic heterocycles. The number of rotatable bonds is 10. The molecule has 0 bridgehead atoms. The summed E-state index contributed by atoms with van der Waals surface area (Å²) in [5.74, 6) is -0.0861. The summed E-state index contributed by atoms with van der Waals surface area (Å²) in [5.41, 5.74) is 0.499. The van der Waals surface area contributed by atoms with Gasteiger partial charge in [-0.1, -0.05) is 13.8 Å². The first-order valence-corrected chi connectivity index (χ1v) is 10.4. The zero-order chi connectivity index (χ0) is 19.0. The van der Waals surface area contributed by atoms with Gasteiger partial charge >= 0.3 is 0 Å². The molecule has 6 nitrogen and oxygen atoms in total. The summed E-state index contributed by atoms with van der Waals surface area (Å²) in [6, 6.07) is 6.24. The number of likely N-dealkylation sites (N-methyl/N-ethyl adjacent to an activating group) is 1. The third kappa shape index (κ3) is 5.80. The molecule has 0 aromatic heterocycles. The summed E-state index contributed by atoms with van der Waals surface area (Å²) >= 11 is 0. The van der Waals surface area contributed by atoms with Crippen LogP contribution in [0.25, 0.3) is 0 Å². The fraction of sp³-hybridized carbons (Fsp3) is 0.611. The van der Waals surface area contributed by atoms with Crippen LogP contribution < -0.4 is 4.72 Å². The molecule has 1 atom stereocenters. The van der Waals surface area contributed by atoms with Gasteiger partial charge in [0.25, 0.3) is 5.91 Å². The molecule has 0 aliphatic rings. The zero-order valence-electron chi connectivity index (χ0n) is 15.9. The Hall–Kier alpha value is -1.44. The van der Waals surface area contributed by atoms with Gasteiger partial charge in [0.1, 0.15) is 0 Å². The van der Waals surface area contributed by atoms with Crippen LogP contribution in [-0.2, 0) is 10.0 Å². The molecule has 0 spiro atoms. The van der Waals surface area contributed by atoms with Crippen LogP contribution in [0.2, 0.25) is 0 Å². The number of hydrogen-bond acceptors (Lipinski definition) is 4. The molecule has 1 N–H and O–H groups in total. The lowest BCUT2D eigenvalue weighted by Crippen LogP contribution is -2.41. The number of sulfonamides is 1. The van der Waals surface area contributed by atoms with Crippen LogP contribution in [0.5, 0.6) is 0 Å². The zero-order valence-corrected chi connectivity index (χ0v) is 16.8. The van der Waals surface area contributed by atoms with Crippen LogP contribution in [0.15, 0.2) is 29.2 Å². The molecule has 1 rings (SSSR count). The molecule has 0 saturated heterocycles. The molecule has 0 fully saturated rings. The SMILES string of the molecule is CCN(CC)C(=O)c1ccc(S(=O)(=O)NCC(C)N(CC)CC)cc1. The van der Waals surface area contributed by atoms with Crippen LogP contribution in [0.1, 0.15) is 45.0 Å². The van der Waals surface area contributed by atoms with Crippen LogP contribution in [0.4, 0.5) is 0 Å². The largest absolute Gasteiger partial charge is 0.339 e. The predicted octanol–water partition coefficient (Wildman–Crippen LogP) is 2.18. The van der Waals surface area contributed by atoms with Crippen molar-refractivity contribution in [3.63, 3.8) is 0 Å². The molecule has 0 radical (unpaired) electrons. The minimum absolute atomic E-state index is 0.0861. The van der Waals surface area contributed by atoms with E-state index in [0.29, 0.717) is 25.2 Å². The van der Waals surface area contributed by atoms with Crippen molar-refractivity contribution in [1.29, 1.82) is 0 Å². The van der Waals surface area contributed by atoms with Crippen molar-refractivity contribution in [1.82, 2.24) is 14.5 Å². The van der Waals surface area contributed by atoms with E-state index in [2.05, 4.69) is 23.5 Å². The van der Waals surface area contributed by atoms with E-state index in [-0.39, 0.29) is 16.8 Å². The molecule has 0 saturated carbocycles. The highest BCUT2D eigenvalue weighted by molar-refractivity contribution is 7.89. The topological polar surface area (TPSA) is 69.7 Å². The standard InChI is InChI=1S/C18H31N3O3S/c1-6-20(7-2)15(5)14-19-25(23,24)17-12-10-16(11-13-17)18(22)21(8-3)9-4/h10-13,15,19H,6-9,14H2,1-5H3. The number of nitrogens with one attached hydrogen (secondary N) is 1. The van der Waals surface area contributed by atoms with Gasteiger partial charge in [0, 0.05) is 31.2 Å². The minimum Gasteiger partial charge on any atom is -0.339 e. The Morgan fingerprint density at radius 2 is 1.52 bits per heavy atom. The summed E-state index contributed by atoms with van der Waals surface area (Å²) in [6.07, 6.45) is 0. The van der Waals surface area contributed by atoms with Crippen molar-refractivity contribution in [2.24, 2.45) is 0 Å². The number of hydrogen-bond donors (Lipinski definition) is 1. The first-order chi connectivity index (χ1) is 11.8. The van der Waals surface area contributed by atoms with Gasteiger partial charge in [0.2, 0.25) is 10.0 Å². The van der Waals surface area contributed by atoms with Gasteiger partial charge in [-0.15, -0.1) is 0 Å². The van der Waals surface area contributed by atoms with E-state index >= 15 is 0 Å². The van der Waals surface area contributed by atoms with E-state index in [1.54, 1.807) is 17.0 Å². The van der Waals surface area contributed by atoms with Gasteiger partial charge in [-0.25, -0.2) is 13.1 Å². The Bertz CT molecular complexity index is 636. The quantitative estimate of drug-likeness (QED) is 0.686. The number of carbonyl (C=O) groups is 1. The molecule has 0 heterocycles. The number of amides is 1. The molecule has 1 aromatic carbocycles. The second kappa shape index (κ2) is 9.89. The Morgan fingerprint density at radius 3 is 1.96 bits per heavy atom. The molecule has 1 aromatic rings. The normalized spacial score (nSPS) is 13.0. The summed E-state index contributed by atoms with van der Waals surface area (Å²) in [5, 5.41) is 0. The van der Waals surface area contributed by atoms with Crippen molar-refractivity contribution >= 4 is 15.9 Å². The highest BCUT2D eigenvalue weighted by atomic mass is 32.2. The van der Waals surface area contributed by atoms with Gasteiger partial charge in [-0.05, 0) is 58.1 Å². The molecular weight excluding hydrogens is 338 g/mol. The average Bonchev–Trinajstić information content (AvgIpc) is 2.62. The molecule has 1 unspecified atom stereocenters. The van der Waals surface area contributed by atoms with Crippen LogP contribution >= 0.6 is 0 Å². The van der Waals surface area contributed by atoms with Crippen LogP contribution in [0.3, 0.4) is 0 Å². The van der Waals surface area contributed by atoms with Crippen LogP contribution in [-0.4, -0.2) is 62.9 Å². The first kappa shape index (κ1) is 21.6. The number of benzene rings is 1. The third-order valence-electron chi connectivity index (χ3n) is 4.47. The van der Waals surface area contributed by atoms with Gasteiger partial charge in [-0.2, -0.15) is 0 Å². The van der Waals surface area contributed by atoms with E-state index in [1.807, 2.05) is 20.8 Å². The Labute approximate surface area is 152 Å². The van der Waals surface area contributed by atoms with E-state index < -0.39 is 10.0 Å². The van der Waals surface area contributed by atoms with Crippen molar-refractivity contribution in [2.75, 3.05) is 32.7 Å². The lowest BCUT2D eigenvalue weighted by atomic mass is 10.2. The van der Waals surface area contributed by atoms with E-state index in [1.165, 1.54) is 12.1 Å². The van der Waals surface area contributed by atoms with E-state index in [0.717, 1.165) is 13.1 Å². The molecule has 7 heteroatoms. The lowest BCUT2D eigenvalue weighted by molar-refractivity contribution is 0.0773. The molecule has 25 heavy (non-hydrogen) atoms. The van der Waals surface area contributed by atoms with Gasteiger partial charge in [0.15, 0.2) is 0 Å². The maximum absolute atomic E-state index is 12.4. The summed E-state index contributed by atoms with van der Waals surface area (Å²) < 4.78 is 27.5. The van der Waals surface area contributed by atoms with Gasteiger partial charge < -0.3 is 4.90 Å². The molecule has 1 amide bonds. The summed E-state index contributed by atoms with van der Waals surface area (Å²) in [6.45, 7) is 13.3. The fourth-order valence-corrected chi connectivity index (χ4v) is 3.88. The van der Waals surface area contributed by atoms with Crippen molar-refractivity contribution in [2.45, 2.75) is 45.6 Å². The third-order valence-corrected chi connectivity index (χ3v) is 5.91. The molecule has 142 valence electrons. The van der Waals surface area contributed by atoms with Crippen molar-refractivity contribution < 1.29 is 13.2 Å². The van der Waals surface area contributed by atoms with Gasteiger partial charge in [0.05, 0.1) is 4.90 Å². The lowest BCUT2D eigenvalue weighted by Gasteiger charge is -2.26. The summed E-state index contributed by atoms with van der Waals surface area (Å²) in [4.78, 5) is 16.3. The monoisotopic (exact) mass is 369 g/mol. The second-order valence-corrected chi connectivity index (χ2v) is 7.69. The second-order valence-electron chi connectivity index (χ2n) is 5.92. The smallest absolute Gasteiger partial charge is 0.253 e. The molecule has 0 aliphatic carbocycles. The van der Waals surface area contributed by atoms with Crippen LogP contribution in [0, 0.1) is 0 Å². The van der Waals surface area contributed by atoms with E-state index in [9.17, 15) is 13.2 Å². The van der Waals surface area contributed by atoms with E-state index in [4.69, 9.17) is 0 Å². The Kier molecular flexibility index (Phi) is 8.55. The Morgan fingerprint density at radius 1 is 1.00 bits per heavy atom. The van der Waals surface area contributed by atoms with Crippen molar-refractivity contribution in [3.8, 4) is 0 Å². The maximum atomic E-state index is 12.4. The average molecular weight is 370 g/mol. The first-order valence-electron chi connectivity index (χ1n) is 8.93. The highest BCUT2D eigenvalue weighted by Crippen LogP contribution is 2.13. The van der Waals surface area contributed by atoms with Gasteiger partial charge in [-0.3, -0.25) is 9.69 Å². The van der Waals surface area contributed by atoms with Crippen molar-refractivity contribution in [3.05, 3.63) is 29.8 Å². The fourth-order valence-electron chi connectivity index (χ4n) is 2.76. The Balaban J connectivity index is 2.81. The minimum atomic E-state index is -3.58. The number of nitrogens with zero attached hydrogens (tertiary/aromatic N) is 2. The predicted molar refractivity (Wildman–Crippen MR) is 101 cm³/mol. The highest BCUT2D eigenvalue weighted by Gasteiger charge is 2.19. The maximum Gasteiger partial charge on any atom is 0.253 e. The molecular formula is C18H31N3O3S. The number of carbonyl (C=O) groups excluding carboxylic acids is 1.